The number of methoxy groups -OCH3 is 1. The Balaban J connectivity index is 1.85. The summed E-state index contributed by atoms with van der Waals surface area (Å²) in [7, 11) is 1.54. The molecule has 0 radical (unpaired) electrons. The quantitative estimate of drug-likeness (QED) is 0.360. The molecule has 1 aliphatic rings. The molecular weight excluding hydrogens is 408 g/mol. The van der Waals surface area contributed by atoms with Gasteiger partial charge in [0.15, 0.2) is 0 Å². The van der Waals surface area contributed by atoms with E-state index < -0.39 is 17.7 Å². The molecule has 7 nitrogen and oxygen atoms in total. The van der Waals surface area contributed by atoms with E-state index in [1.807, 2.05) is 6.92 Å². The molecule has 0 aliphatic carbocycles. The van der Waals surface area contributed by atoms with E-state index in [1.54, 1.807) is 80.2 Å². The van der Waals surface area contributed by atoms with Crippen molar-refractivity contribution in [2.24, 2.45) is 0 Å². The van der Waals surface area contributed by atoms with Gasteiger partial charge in [0.25, 0.3) is 11.7 Å². The van der Waals surface area contributed by atoms with Gasteiger partial charge in [-0.1, -0.05) is 6.07 Å². The number of pyridine rings is 1. The number of rotatable bonds is 6. The van der Waals surface area contributed by atoms with Crippen LogP contribution in [0.15, 0.2) is 78.6 Å². The number of anilines is 1. The zero-order chi connectivity index (χ0) is 22.7. The highest BCUT2D eigenvalue weighted by molar-refractivity contribution is 6.51. The number of benzene rings is 2. The summed E-state index contributed by atoms with van der Waals surface area (Å²) in [6, 6.07) is 16.2. The van der Waals surface area contributed by atoms with E-state index in [-0.39, 0.29) is 11.3 Å². The molecule has 0 spiro atoms. The molecule has 1 N–H and O–H groups in total. The molecular formula is C25H22N2O5. The highest BCUT2D eigenvalue weighted by Crippen LogP contribution is 2.42. The first-order valence-electron chi connectivity index (χ1n) is 10.1. The molecule has 1 fully saturated rings. The Morgan fingerprint density at radius 2 is 1.72 bits per heavy atom. The van der Waals surface area contributed by atoms with E-state index in [2.05, 4.69) is 4.98 Å². The van der Waals surface area contributed by atoms with Crippen molar-refractivity contribution in [1.29, 1.82) is 0 Å². The molecule has 1 saturated heterocycles. The largest absolute Gasteiger partial charge is 0.507 e. The molecule has 0 bridgehead atoms. The van der Waals surface area contributed by atoms with Crippen LogP contribution in [-0.4, -0.2) is 35.5 Å². The molecule has 162 valence electrons. The van der Waals surface area contributed by atoms with Crippen LogP contribution in [0.25, 0.3) is 5.76 Å². The molecule has 1 aliphatic heterocycles. The van der Waals surface area contributed by atoms with Crippen LogP contribution in [0.1, 0.15) is 24.1 Å². The van der Waals surface area contributed by atoms with Gasteiger partial charge in [0.2, 0.25) is 0 Å². The molecule has 1 amide bonds. The van der Waals surface area contributed by atoms with Gasteiger partial charge in [0.05, 0.1) is 25.3 Å². The van der Waals surface area contributed by atoms with Gasteiger partial charge >= 0.3 is 0 Å². The van der Waals surface area contributed by atoms with Crippen molar-refractivity contribution in [1.82, 2.24) is 4.98 Å². The summed E-state index contributed by atoms with van der Waals surface area (Å²) < 4.78 is 10.6. The third-order valence-electron chi connectivity index (χ3n) is 5.23. The van der Waals surface area contributed by atoms with E-state index >= 15 is 0 Å². The summed E-state index contributed by atoms with van der Waals surface area (Å²) in [5.41, 5.74) is 1.53. The Labute approximate surface area is 185 Å². The normalized spacial score (nSPS) is 17.4. The van der Waals surface area contributed by atoms with Gasteiger partial charge in [-0.25, -0.2) is 0 Å². The van der Waals surface area contributed by atoms with E-state index in [1.165, 1.54) is 4.90 Å². The predicted octanol–water partition coefficient (Wildman–Crippen LogP) is 4.12. The number of amides is 1. The first-order chi connectivity index (χ1) is 15.5. The van der Waals surface area contributed by atoms with Gasteiger partial charge in [-0.2, -0.15) is 0 Å². The second kappa shape index (κ2) is 8.93. The number of hydrogen-bond donors (Lipinski definition) is 1. The number of carbonyl (C=O) groups excluding carboxylic acids is 2. The van der Waals surface area contributed by atoms with Gasteiger partial charge in [-0.3, -0.25) is 19.5 Å². The molecule has 32 heavy (non-hydrogen) atoms. The second-order valence-electron chi connectivity index (χ2n) is 7.11. The SMILES string of the molecule is CCOc1ccc(N2C(=O)C(=O)/C(=C(\O)c3ccc(OC)cc3)C2c2cccnc2)cc1. The van der Waals surface area contributed by atoms with E-state index in [0.717, 1.165) is 0 Å². The molecule has 1 unspecified atom stereocenters. The number of nitrogens with zero attached hydrogens (tertiary/aromatic N) is 2. The van der Waals surface area contributed by atoms with Gasteiger partial charge in [-0.05, 0) is 67.1 Å². The number of hydrogen-bond acceptors (Lipinski definition) is 6. The zero-order valence-electron chi connectivity index (χ0n) is 17.7. The maximum absolute atomic E-state index is 13.1. The van der Waals surface area contributed by atoms with Crippen LogP contribution >= 0.6 is 0 Å². The molecule has 4 rings (SSSR count). The summed E-state index contributed by atoms with van der Waals surface area (Å²) >= 11 is 0. The summed E-state index contributed by atoms with van der Waals surface area (Å²) in [5.74, 6) is -0.475. The lowest BCUT2D eigenvalue weighted by atomic mass is 9.96. The number of aliphatic hydroxyl groups is 1. The average Bonchev–Trinajstić information content (AvgIpc) is 3.10. The molecule has 2 aromatic carbocycles. The minimum atomic E-state index is -0.830. The molecule has 1 aromatic heterocycles. The van der Waals surface area contributed by atoms with Gasteiger partial charge in [0.1, 0.15) is 17.3 Å². The summed E-state index contributed by atoms with van der Waals surface area (Å²) in [6.07, 6.45) is 3.19. The van der Waals surface area contributed by atoms with Gasteiger partial charge in [0, 0.05) is 23.6 Å². The van der Waals surface area contributed by atoms with Crippen LogP contribution in [0.4, 0.5) is 5.69 Å². The van der Waals surface area contributed by atoms with Crippen molar-refractivity contribution in [2.75, 3.05) is 18.6 Å². The maximum Gasteiger partial charge on any atom is 0.300 e. The number of ketones is 1. The summed E-state index contributed by atoms with van der Waals surface area (Å²) in [6.45, 7) is 2.40. The third-order valence-corrected chi connectivity index (χ3v) is 5.23. The van der Waals surface area contributed by atoms with Crippen LogP contribution < -0.4 is 14.4 Å². The summed E-state index contributed by atoms with van der Waals surface area (Å²) in [5, 5.41) is 11.1. The number of carbonyl (C=O) groups is 2. The molecule has 7 heteroatoms. The fourth-order valence-electron chi connectivity index (χ4n) is 3.73. The van der Waals surface area contributed by atoms with Crippen molar-refractivity contribution in [3.63, 3.8) is 0 Å². The van der Waals surface area contributed by atoms with Crippen molar-refractivity contribution in [2.45, 2.75) is 13.0 Å². The van der Waals surface area contributed by atoms with E-state index in [9.17, 15) is 14.7 Å². The first-order valence-corrected chi connectivity index (χ1v) is 10.1. The van der Waals surface area contributed by atoms with Crippen molar-refractivity contribution in [3.8, 4) is 11.5 Å². The topological polar surface area (TPSA) is 89.0 Å². The fourth-order valence-corrected chi connectivity index (χ4v) is 3.73. The lowest BCUT2D eigenvalue weighted by Gasteiger charge is -2.25. The molecule has 3 aromatic rings. The minimum absolute atomic E-state index is 0.00190. The average molecular weight is 430 g/mol. The number of ether oxygens (including phenoxy) is 2. The molecule has 2 heterocycles. The third kappa shape index (κ3) is 3.80. The Morgan fingerprint density at radius 1 is 1.03 bits per heavy atom. The van der Waals surface area contributed by atoms with Crippen LogP contribution in [0, 0.1) is 0 Å². The summed E-state index contributed by atoms with van der Waals surface area (Å²) in [4.78, 5) is 31.7. The van der Waals surface area contributed by atoms with Gasteiger partial charge < -0.3 is 14.6 Å². The first kappa shape index (κ1) is 21.1. The fraction of sp³-hybridized carbons (Fsp3) is 0.160. The van der Waals surface area contributed by atoms with Crippen LogP contribution in [0.2, 0.25) is 0 Å². The maximum atomic E-state index is 13.1. The van der Waals surface area contributed by atoms with Crippen molar-refractivity contribution in [3.05, 3.63) is 89.8 Å². The minimum Gasteiger partial charge on any atom is -0.507 e. The predicted molar refractivity (Wildman–Crippen MR) is 120 cm³/mol. The Bertz CT molecular complexity index is 1160. The Morgan fingerprint density at radius 3 is 2.31 bits per heavy atom. The van der Waals surface area contributed by atoms with Crippen molar-refractivity contribution < 1.29 is 24.2 Å². The number of aliphatic hydroxyl groups excluding tert-OH is 1. The number of aromatic nitrogens is 1. The highest BCUT2D eigenvalue weighted by atomic mass is 16.5. The lowest BCUT2D eigenvalue weighted by Crippen LogP contribution is -2.29. The second-order valence-corrected chi connectivity index (χ2v) is 7.11. The smallest absolute Gasteiger partial charge is 0.300 e. The standard InChI is InChI=1S/C25H22N2O5/c1-3-32-20-12-8-18(9-13-20)27-22(17-5-4-14-26-15-17)21(24(29)25(27)30)23(28)16-6-10-19(31-2)11-7-16/h4-15,22,28H,3H2,1-2H3/b23-21-. The monoisotopic (exact) mass is 430 g/mol. The van der Waals surface area contributed by atoms with Crippen LogP contribution in [0.3, 0.4) is 0 Å². The van der Waals surface area contributed by atoms with E-state index in [0.29, 0.717) is 34.9 Å². The van der Waals surface area contributed by atoms with Crippen LogP contribution in [0.5, 0.6) is 11.5 Å². The zero-order valence-corrected chi connectivity index (χ0v) is 17.7. The van der Waals surface area contributed by atoms with E-state index in [4.69, 9.17) is 9.47 Å². The lowest BCUT2D eigenvalue weighted by molar-refractivity contribution is -0.132. The Kier molecular flexibility index (Phi) is 5.89. The van der Waals surface area contributed by atoms with Crippen LogP contribution in [-0.2, 0) is 9.59 Å². The van der Waals surface area contributed by atoms with Gasteiger partial charge in [-0.15, -0.1) is 0 Å². The van der Waals surface area contributed by atoms with Crippen molar-refractivity contribution >= 4 is 23.1 Å². The molecule has 0 saturated carbocycles. The highest BCUT2D eigenvalue weighted by Gasteiger charge is 2.47. The number of Topliss-reactive ketones (excluding diaryl/α,β-unsaturated/α-hetero) is 1. The molecule has 1 atom stereocenters. The Hall–Kier alpha value is -4.13.